The molecule has 0 aromatic heterocycles. The van der Waals surface area contributed by atoms with Gasteiger partial charge in [0.25, 0.3) is 0 Å². The van der Waals surface area contributed by atoms with E-state index in [2.05, 4.69) is 40.5 Å². The van der Waals surface area contributed by atoms with E-state index in [9.17, 15) is 4.79 Å². The third-order valence-corrected chi connectivity index (χ3v) is 7.26. The summed E-state index contributed by atoms with van der Waals surface area (Å²) in [5, 5.41) is 3.94. The molecule has 1 saturated heterocycles. The summed E-state index contributed by atoms with van der Waals surface area (Å²) in [6.45, 7) is 1.80. The summed E-state index contributed by atoms with van der Waals surface area (Å²) in [7, 11) is 0. The van der Waals surface area contributed by atoms with Gasteiger partial charge in [-0.15, -0.1) is 0 Å². The SMILES string of the molecule is O=C(NC1CCCCC1)C(/C(Cl)=C/c1ccccc1)N1CCC(Cc2ccccc2)CC1. The van der Waals surface area contributed by atoms with Gasteiger partial charge in [0, 0.05) is 11.1 Å². The van der Waals surface area contributed by atoms with Crippen LogP contribution in [0.2, 0.25) is 0 Å². The maximum atomic E-state index is 13.4. The predicted octanol–water partition coefficient (Wildman–Crippen LogP) is 6.04. The van der Waals surface area contributed by atoms with Gasteiger partial charge in [0.15, 0.2) is 0 Å². The molecule has 0 bridgehead atoms. The minimum Gasteiger partial charge on any atom is -0.352 e. The number of benzene rings is 2. The van der Waals surface area contributed by atoms with Gasteiger partial charge in [-0.1, -0.05) is 91.5 Å². The molecule has 2 aliphatic rings. The molecule has 4 heteroatoms. The number of nitrogens with zero attached hydrogens (tertiary/aromatic N) is 1. The van der Waals surface area contributed by atoms with Gasteiger partial charge in [-0.05, 0) is 68.3 Å². The Morgan fingerprint density at radius 3 is 2.22 bits per heavy atom. The van der Waals surface area contributed by atoms with Gasteiger partial charge < -0.3 is 5.32 Å². The minimum atomic E-state index is -0.406. The molecule has 1 N–H and O–H groups in total. The zero-order valence-electron chi connectivity index (χ0n) is 18.9. The molecule has 0 radical (unpaired) electrons. The standard InChI is InChI=1S/C28H35ClN2O/c29-26(21-23-12-6-2-7-13-23)27(28(32)30-25-14-8-3-9-15-25)31-18-16-24(17-19-31)20-22-10-4-1-5-11-22/h1-2,4-7,10-13,21,24-25,27H,3,8-9,14-20H2,(H,30,32)/b26-21-. The number of hydrogen-bond acceptors (Lipinski definition) is 2. The second-order valence-corrected chi connectivity index (χ2v) is 9.79. The summed E-state index contributed by atoms with van der Waals surface area (Å²) in [5.41, 5.74) is 2.44. The van der Waals surface area contributed by atoms with E-state index in [1.54, 1.807) is 0 Å². The molecule has 170 valence electrons. The first kappa shape index (κ1) is 23.1. The number of rotatable bonds is 7. The van der Waals surface area contributed by atoms with Crippen LogP contribution in [0.25, 0.3) is 6.08 Å². The zero-order valence-corrected chi connectivity index (χ0v) is 19.6. The molecule has 1 heterocycles. The molecular weight excluding hydrogens is 416 g/mol. The topological polar surface area (TPSA) is 32.3 Å². The van der Waals surface area contributed by atoms with Crippen molar-refractivity contribution in [2.75, 3.05) is 13.1 Å². The van der Waals surface area contributed by atoms with Gasteiger partial charge in [0.2, 0.25) is 5.91 Å². The van der Waals surface area contributed by atoms with Crippen molar-refractivity contribution < 1.29 is 4.79 Å². The summed E-state index contributed by atoms with van der Waals surface area (Å²) < 4.78 is 0. The highest BCUT2D eigenvalue weighted by molar-refractivity contribution is 6.34. The van der Waals surface area contributed by atoms with Gasteiger partial charge in [-0.3, -0.25) is 9.69 Å². The molecule has 4 rings (SSSR count). The highest BCUT2D eigenvalue weighted by Crippen LogP contribution is 2.28. The number of carbonyl (C=O) groups is 1. The summed E-state index contributed by atoms with van der Waals surface area (Å²) >= 11 is 6.85. The minimum absolute atomic E-state index is 0.0654. The van der Waals surface area contributed by atoms with Crippen LogP contribution >= 0.6 is 11.6 Å². The molecule has 1 aliphatic carbocycles. The van der Waals surface area contributed by atoms with E-state index in [4.69, 9.17) is 11.6 Å². The van der Waals surface area contributed by atoms with Gasteiger partial charge >= 0.3 is 0 Å². The Balaban J connectivity index is 1.44. The number of halogens is 1. The molecule has 1 unspecified atom stereocenters. The monoisotopic (exact) mass is 450 g/mol. The number of hydrogen-bond donors (Lipinski definition) is 1. The zero-order chi connectivity index (χ0) is 22.2. The van der Waals surface area contributed by atoms with E-state index in [0.717, 1.165) is 50.8 Å². The molecule has 1 aliphatic heterocycles. The number of likely N-dealkylation sites (tertiary alicyclic amines) is 1. The summed E-state index contributed by atoms with van der Waals surface area (Å²) in [6, 6.07) is 20.7. The van der Waals surface area contributed by atoms with Gasteiger partial charge in [0.05, 0.1) is 0 Å². The average molecular weight is 451 g/mol. The van der Waals surface area contributed by atoms with Crippen molar-refractivity contribution >= 4 is 23.6 Å². The molecule has 2 aromatic carbocycles. The van der Waals surface area contributed by atoms with Crippen molar-refractivity contribution in [1.29, 1.82) is 0 Å². The molecule has 32 heavy (non-hydrogen) atoms. The van der Waals surface area contributed by atoms with Gasteiger partial charge in [0.1, 0.15) is 6.04 Å². The molecule has 1 amide bonds. The Hall–Kier alpha value is -2.10. The lowest BCUT2D eigenvalue weighted by molar-refractivity contribution is -0.126. The van der Waals surface area contributed by atoms with E-state index < -0.39 is 6.04 Å². The van der Waals surface area contributed by atoms with Crippen LogP contribution in [0.15, 0.2) is 65.7 Å². The Kier molecular flexibility index (Phi) is 8.42. The largest absolute Gasteiger partial charge is 0.352 e. The fourth-order valence-electron chi connectivity index (χ4n) is 5.14. The first-order valence-electron chi connectivity index (χ1n) is 12.2. The summed E-state index contributed by atoms with van der Waals surface area (Å²) in [4.78, 5) is 15.7. The van der Waals surface area contributed by atoms with Crippen LogP contribution in [0.4, 0.5) is 0 Å². The number of piperidine rings is 1. The average Bonchev–Trinajstić information content (AvgIpc) is 2.82. The first-order chi connectivity index (χ1) is 15.7. The maximum absolute atomic E-state index is 13.4. The van der Waals surface area contributed by atoms with Crippen LogP contribution in [-0.4, -0.2) is 36.0 Å². The van der Waals surface area contributed by atoms with E-state index in [1.807, 2.05) is 36.4 Å². The van der Waals surface area contributed by atoms with Crippen molar-refractivity contribution in [3.63, 3.8) is 0 Å². The lowest BCUT2D eigenvalue weighted by atomic mass is 9.89. The molecule has 1 atom stereocenters. The molecule has 1 saturated carbocycles. The molecule has 2 aromatic rings. The maximum Gasteiger partial charge on any atom is 0.243 e. The third-order valence-electron chi connectivity index (χ3n) is 6.95. The molecule has 3 nitrogen and oxygen atoms in total. The lowest BCUT2D eigenvalue weighted by Crippen LogP contribution is -2.52. The van der Waals surface area contributed by atoms with Crippen LogP contribution in [0.1, 0.15) is 56.1 Å². The van der Waals surface area contributed by atoms with Crippen molar-refractivity contribution in [2.45, 2.75) is 63.5 Å². The van der Waals surface area contributed by atoms with E-state index >= 15 is 0 Å². The lowest BCUT2D eigenvalue weighted by Gasteiger charge is -2.37. The number of amides is 1. The quantitative estimate of drug-likeness (QED) is 0.557. The van der Waals surface area contributed by atoms with Crippen LogP contribution < -0.4 is 5.32 Å². The van der Waals surface area contributed by atoms with Gasteiger partial charge in [-0.25, -0.2) is 0 Å². The van der Waals surface area contributed by atoms with Crippen LogP contribution in [0.5, 0.6) is 0 Å². The Morgan fingerprint density at radius 1 is 0.938 bits per heavy atom. The van der Waals surface area contributed by atoms with Crippen molar-refractivity contribution in [3.8, 4) is 0 Å². The summed E-state index contributed by atoms with van der Waals surface area (Å²) in [5.74, 6) is 0.725. The Bertz CT molecular complexity index is 869. The van der Waals surface area contributed by atoms with Crippen LogP contribution in [-0.2, 0) is 11.2 Å². The Morgan fingerprint density at radius 2 is 1.56 bits per heavy atom. The Labute approximate surface area is 197 Å². The molecule has 2 fully saturated rings. The van der Waals surface area contributed by atoms with Crippen molar-refractivity contribution in [1.82, 2.24) is 10.2 Å². The number of carbonyl (C=O) groups excluding carboxylic acids is 1. The third kappa shape index (κ3) is 6.46. The van der Waals surface area contributed by atoms with E-state index in [0.29, 0.717) is 11.0 Å². The second-order valence-electron chi connectivity index (χ2n) is 9.36. The van der Waals surface area contributed by atoms with E-state index in [-0.39, 0.29) is 11.9 Å². The smallest absolute Gasteiger partial charge is 0.243 e. The van der Waals surface area contributed by atoms with Crippen molar-refractivity contribution in [2.24, 2.45) is 5.92 Å². The highest BCUT2D eigenvalue weighted by atomic mass is 35.5. The number of nitrogens with one attached hydrogen (secondary N) is 1. The molecule has 0 spiro atoms. The van der Waals surface area contributed by atoms with Gasteiger partial charge in [-0.2, -0.15) is 0 Å². The van der Waals surface area contributed by atoms with Crippen LogP contribution in [0.3, 0.4) is 0 Å². The van der Waals surface area contributed by atoms with Crippen LogP contribution in [0, 0.1) is 5.92 Å². The highest BCUT2D eigenvalue weighted by Gasteiger charge is 2.33. The van der Waals surface area contributed by atoms with Crippen molar-refractivity contribution in [3.05, 3.63) is 76.8 Å². The van der Waals surface area contributed by atoms with E-state index in [1.165, 1.54) is 24.8 Å². The summed E-state index contributed by atoms with van der Waals surface area (Å²) in [6.07, 6.45) is 11.1. The fourth-order valence-corrected chi connectivity index (χ4v) is 5.51. The fraction of sp³-hybridized carbons (Fsp3) is 0.464. The predicted molar refractivity (Wildman–Crippen MR) is 134 cm³/mol. The first-order valence-corrected chi connectivity index (χ1v) is 12.6. The second kappa shape index (κ2) is 11.7. The molecular formula is C28H35ClN2O. The normalized spacial score (nSPS) is 20.1.